The summed E-state index contributed by atoms with van der Waals surface area (Å²) in [5.74, 6) is -0.150. The minimum absolute atomic E-state index is 0. The number of amides is 3. The molecule has 0 aromatic heterocycles. The van der Waals surface area contributed by atoms with Crippen LogP contribution in [-0.4, -0.2) is 108 Å². The molecule has 3 amide bonds. The van der Waals surface area contributed by atoms with Gasteiger partial charge in [-0.2, -0.15) is 12.7 Å². The number of benzene rings is 1. The van der Waals surface area contributed by atoms with Crippen LogP contribution in [0, 0.1) is 0 Å². The SMILES string of the molecule is CC(=O)N(C)CCN(C)S(=O)(=O)NC(=O)Nc1c2c(cc3c1CCC3)CCC2.[K]. The first-order chi connectivity index (χ1) is 13.2. The van der Waals surface area contributed by atoms with E-state index >= 15 is 0 Å². The molecule has 2 aliphatic carbocycles. The largest absolute Gasteiger partial charge is 0.345 e. The summed E-state index contributed by atoms with van der Waals surface area (Å²) in [5.41, 5.74) is 5.62. The number of likely N-dealkylation sites (N-methyl/N-ethyl adjacent to an activating group) is 2. The second-order valence-corrected chi connectivity index (χ2v) is 9.33. The molecule has 10 heteroatoms. The van der Waals surface area contributed by atoms with Gasteiger partial charge in [-0.1, -0.05) is 6.07 Å². The summed E-state index contributed by atoms with van der Waals surface area (Å²) < 4.78 is 28.0. The number of fused-ring (bicyclic) bond motifs is 2. The summed E-state index contributed by atoms with van der Waals surface area (Å²) >= 11 is 0. The van der Waals surface area contributed by atoms with Crippen LogP contribution >= 0.6 is 0 Å². The standard InChI is InChI=1S/C19H28N4O4S.K/c1-13(24)22(2)10-11-23(3)28(26,27)21-19(25)20-18-16-8-4-6-14(16)12-15-7-5-9-17(15)18;/h12H,4-11H2,1-3H3,(H2,20,21,25);. The third-order valence-electron chi connectivity index (χ3n) is 5.63. The number of hydrogen-bond acceptors (Lipinski definition) is 4. The molecule has 3 rings (SSSR count). The summed E-state index contributed by atoms with van der Waals surface area (Å²) in [5, 5.41) is 2.82. The zero-order valence-electron chi connectivity index (χ0n) is 17.7. The molecule has 0 bridgehead atoms. The Labute approximate surface area is 215 Å². The third-order valence-corrected chi connectivity index (χ3v) is 7.08. The molecular weight excluding hydrogens is 419 g/mol. The normalized spacial score (nSPS) is 14.8. The van der Waals surface area contributed by atoms with Crippen LogP contribution in [0.1, 0.15) is 42.0 Å². The number of urea groups is 1. The number of carbonyl (C=O) groups excluding carboxylic acids is 2. The van der Waals surface area contributed by atoms with Crippen molar-refractivity contribution < 1.29 is 18.0 Å². The predicted octanol–water partition coefficient (Wildman–Crippen LogP) is 1.06. The fraction of sp³-hybridized carbons (Fsp3) is 0.579. The van der Waals surface area contributed by atoms with Crippen LogP contribution in [0.25, 0.3) is 0 Å². The molecule has 29 heavy (non-hydrogen) atoms. The third kappa shape index (κ3) is 5.81. The van der Waals surface area contributed by atoms with E-state index < -0.39 is 16.2 Å². The first kappa shape index (κ1) is 24.8. The van der Waals surface area contributed by atoms with E-state index in [1.807, 2.05) is 0 Å². The molecule has 8 nitrogen and oxygen atoms in total. The van der Waals surface area contributed by atoms with E-state index in [0.717, 1.165) is 59.6 Å². The van der Waals surface area contributed by atoms with E-state index in [1.165, 1.54) is 30.0 Å². The van der Waals surface area contributed by atoms with Crippen molar-refractivity contribution in [2.45, 2.75) is 45.4 Å². The number of anilines is 1. The average molecular weight is 448 g/mol. The van der Waals surface area contributed by atoms with Gasteiger partial charge in [-0.25, -0.2) is 9.52 Å². The van der Waals surface area contributed by atoms with Gasteiger partial charge in [0.25, 0.3) is 0 Å². The molecule has 0 unspecified atom stereocenters. The van der Waals surface area contributed by atoms with Crippen molar-refractivity contribution in [1.29, 1.82) is 0 Å². The molecule has 0 aliphatic heterocycles. The zero-order chi connectivity index (χ0) is 20.5. The van der Waals surface area contributed by atoms with E-state index in [2.05, 4.69) is 16.1 Å². The summed E-state index contributed by atoms with van der Waals surface area (Å²) in [7, 11) is -1.02. The van der Waals surface area contributed by atoms with Gasteiger partial charge in [0, 0.05) is 91.2 Å². The van der Waals surface area contributed by atoms with Crippen molar-refractivity contribution in [2.75, 3.05) is 32.5 Å². The Kier molecular flexibility index (Phi) is 8.72. The quantitative estimate of drug-likeness (QED) is 0.637. The summed E-state index contributed by atoms with van der Waals surface area (Å²) in [6.07, 6.45) is 5.93. The van der Waals surface area contributed by atoms with Gasteiger partial charge in [-0.15, -0.1) is 0 Å². The topological polar surface area (TPSA) is 98.8 Å². The van der Waals surface area contributed by atoms with Crippen LogP contribution in [0.15, 0.2) is 6.07 Å². The predicted molar refractivity (Wildman–Crippen MR) is 113 cm³/mol. The molecule has 0 heterocycles. The van der Waals surface area contributed by atoms with E-state index in [1.54, 1.807) is 7.05 Å². The Morgan fingerprint density at radius 3 is 2.07 bits per heavy atom. The van der Waals surface area contributed by atoms with Crippen LogP contribution in [0.3, 0.4) is 0 Å². The number of nitrogens with one attached hydrogen (secondary N) is 2. The van der Waals surface area contributed by atoms with Crippen molar-refractivity contribution in [1.82, 2.24) is 13.9 Å². The summed E-state index contributed by atoms with van der Waals surface area (Å²) in [4.78, 5) is 25.2. The van der Waals surface area contributed by atoms with E-state index in [9.17, 15) is 18.0 Å². The first-order valence-electron chi connectivity index (χ1n) is 9.62. The molecule has 1 aromatic rings. The van der Waals surface area contributed by atoms with Gasteiger partial charge in [0.05, 0.1) is 0 Å². The average Bonchev–Trinajstić information content (AvgIpc) is 3.27. The van der Waals surface area contributed by atoms with Crippen molar-refractivity contribution in [3.05, 3.63) is 28.3 Å². The second kappa shape index (κ2) is 10.2. The van der Waals surface area contributed by atoms with Gasteiger partial charge in [-0.05, 0) is 60.8 Å². The molecule has 2 N–H and O–H groups in total. The van der Waals surface area contributed by atoms with Crippen LogP contribution in [0.2, 0.25) is 0 Å². The Bertz CT molecular complexity index is 872. The maximum Gasteiger partial charge on any atom is 0.333 e. The van der Waals surface area contributed by atoms with Crippen LogP contribution in [0.4, 0.5) is 10.5 Å². The second-order valence-electron chi connectivity index (χ2n) is 7.56. The van der Waals surface area contributed by atoms with Gasteiger partial charge in [0.15, 0.2) is 0 Å². The number of aryl methyl sites for hydroxylation is 2. The Morgan fingerprint density at radius 2 is 1.55 bits per heavy atom. The molecule has 1 radical (unpaired) electrons. The Hall–Kier alpha value is -0.494. The molecule has 1 aromatic carbocycles. The number of hydrogen-bond donors (Lipinski definition) is 2. The van der Waals surface area contributed by atoms with E-state index in [-0.39, 0.29) is 70.4 Å². The number of carbonyl (C=O) groups is 2. The van der Waals surface area contributed by atoms with Crippen molar-refractivity contribution >= 4 is 79.2 Å². The number of rotatable bonds is 6. The smallest absolute Gasteiger partial charge is 0.333 e. The molecule has 0 spiro atoms. The van der Waals surface area contributed by atoms with Gasteiger partial charge >= 0.3 is 16.2 Å². The molecule has 0 atom stereocenters. The molecule has 0 saturated carbocycles. The van der Waals surface area contributed by atoms with Crippen LogP contribution < -0.4 is 10.0 Å². The summed E-state index contributed by atoms with van der Waals surface area (Å²) in [6.45, 7) is 1.75. The Morgan fingerprint density at radius 1 is 1.00 bits per heavy atom. The molecule has 2 aliphatic rings. The van der Waals surface area contributed by atoms with Crippen LogP contribution in [0.5, 0.6) is 0 Å². The van der Waals surface area contributed by atoms with Gasteiger partial charge in [0.2, 0.25) is 5.91 Å². The van der Waals surface area contributed by atoms with Gasteiger partial charge in [-0.3, -0.25) is 4.79 Å². The number of nitrogens with zero attached hydrogens (tertiary/aromatic N) is 2. The molecule has 0 fully saturated rings. The minimum Gasteiger partial charge on any atom is -0.345 e. The first-order valence-corrected chi connectivity index (χ1v) is 11.1. The van der Waals surface area contributed by atoms with E-state index in [0.29, 0.717) is 0 Å². The minimum atomic E-state index is -4.00. The van der Waals surface area contributed by atoms with Gasteiger partial charge in [0.1, 0.15) is 0 Å². The van der Waals surface area contributed by atoms with E-state index in [4.69, 9.17) is 0 Å². The van der Waals surface area contributed by atoms with Crippen molar-refractivity contribution in [3.8, 4) is 0 Å². The fourth-order valence-electron chi connectivity index (χ4n) is 3.87. The molecule has 0 saturated heterocycles. The maximum absolute atomic E-state index is 12.5. The Balaban J connectivity index is 0.00000300. The monoisotopic (exact) mass is 447 g/mol. The fourth-order valence-corrected chi connectivity index (χ4v) is 4.63. The van der Waals surface area contributed by atoms with Crippen molar-refractivity contribution in [2.24, 2.45) is 0 Å². The van der Waals surface area contributed by atoms with Crippen LogP contribution in [-0.2, 0) is 40.7 Å². The maximum atomic E-state index is 12.5. The van der Waals surface area contributed by atoms with Crippen molar-refractivity contribution in [3.63, 3.8) is 0 Å². The van der Waals surface area contributed by atoms with Gasteiger partial charge < -0.3 is 10.2 Å². The molecular formula is C19H28KN4O4S. The zero-order valence-corrected chi connectivity index (χ0v) is 21.6. The molecule has 155 valence electrons. The summed E-state index contributed by atoms with van der Waals surface area (Å²) in [6, 6.07) is 1.50.